The third kappa shape index (κ3) is 1.91. The summed E-state index contributed by atoms with van der Waals surface area (Å²) in [6.45, 7) is 1.91. The maximum atomic E-state index is 10.1. The van der Waals surface area contributed by atoms with Crippen molar-refractivity contribution in [1.82, 2.24) is 0 Å². The van der Waals surface area contributed by atoms with E-state index in [0.717, 1.165) is 11.5 Å². The molecule has 1 saturated carbocycles. The van der Waals surface area contributed by atoms with Crippen LogP contribution in [0.15, 0.2) is 29.3 Å². The molecule has 1 aromatic carbocycles. The zero-order chi connectivity index (χ0) is 9.97. The lowest BCUT2D eigenvalue weighted by atomic mass is 10.0. The van der Waals surface area contributed by atoms with Gasteiger partial charge in [-0.15, -0.1) is 0 Å². The van der Waals surface area contributed by atoms with Gasteiger partial charge in [-0.25, -0.2) is 4.79 Å². The first-order chi connectivity index (χ1) is 6.81. The van der Waals surface area contributed by atoms with E-state index in [2.05, 4.69) is 17.1 Å². The van der Waals surface area contributed by atoms with Crippen LogP contribution in [0.2, 0.25) is 0 Å². The zero-order valence-corrected chi connectivity index (χ0v) is 8.23. The van der Waals surface area contributed by atoms with Crippen LogP contribution in [-0.4, -0.2) is 6.08 Å². The fourth-order valence-electron chi connectivity index (χ4n) is 1.64. The fraction of sp³-hybridized carbons (Fsp3) is 0.417. The van der Waals surface area contributed by atoms with E-state index in [1.165, 1.54) is 18.4 Å². The van der Waals surface area contributed by atoms with E-state index >= 15 is 0 Å². The minimum absolute atomic E-state index is 0.0637. The number of hydrogen-bond donors (Lipinski definition) is 0. The quantitative estimate of drug-likeness (QED) is 0.528. The molecule has 0 spiro atoms. The van der Waals surface area contributed by atoms with Gasteiger partial charge in [0.1, 0.15) is 0 Å². The predicted molar refractivity (Wildman–Crippen MR) is 55.0 cm³/mol. The predicted octanol–water partition coefficient (Wildman–Crippen LogP) is 2.96. The third-order valence-corrected chi connectivity index (χ3v) is 2.69. The van der Waals surface area contributed by atoms with E-state index in [1.807, 2.05) is 19.1 Å². The van der Waals surface area contributed by atoms with Crippen LogP contribution in [0.5, 0.6) is 0 Å². The SMILES string of the molecule is CC(N=C=O)c1cccc(C2CC2)c1. The van der Waals surface area contributed by atoms with Crippen molar-refractivity contribution in [2.24, 2.45) is 4.99 Å². The van der Waals surface area contributed by atoms with E-state index in [9.17, 15) is 4.79 Å². The zero-order valence-electron chi connectivity index (χ0n) is 8.23. The number of hydrogen-bond acceptors (Lipinski definition) is 2. The van der Waals surface area contributed by atoms with E-state index in [1.54, 1.807) is 6.08 Å². The van der Waals surface area contributed by atoms with Gasteiger partial charge in [0, 0.05) is 0 Å². The van der Waals surface area contributed by atoms with E-state index < -0.39 is 0 Å². The number of carbonyl (C=O) groups excluding carboxylic acids is 1. The first-order valence-electron chi connectivity index (χ1n) is 4.98. The minimum atomic E-state index is -0.0637. The standard InChI is InChI=1S/C12H13NO/c1-9(13-8-14)11-3-2-4-12(7-11)10-5-6-10/h2-4,7,9-10H,5-6H2,1H3. The van der Waals surface area contributed by atoms with Crippen LogP contribution in [0.4, 0.5) is 0 Å². The van der Waals surface area contributed by atoms with Gasteiger partial charge in [-0.3, -0.25) is 0 Å². The molecule has 0 N–H and O–H groups in total. The molecular formula is C12H13NO. The molecule has 0 saturated heterocycles. The molecule has 1 aliphatic rings. The van der Waals surface area contributed by atoms with Crippen molar-refractivity contribution >= 4 is 6.08 Å². The summed E-state index contributed by atoms with van der Waals surface area (Å²) in [4.78, 5) is 13.8. The summed E-state index contributed by atoms with van der Waals surface area (Å²) >= 11 is 0. The molecule has 2 rings (SSSR count). The number of isocyanates is 1. The first kappa shape index (κ1) is 9.17. The average Bonchev–Trinajstić information content (AvgIpc) is 3.02. The molecule has 0 amide bonds. The summed E-state index contributed by atoms with van der Waals surface area (Å²) in [5.41, 5.74) is 2.49. The molecule has 1 fully saturated rings. The molecule has 1 atom stereocenters. The van der Waals surface area contributed by atoms with Crippen molar-refractivity contribution in [1.29, 1.82) is 0 Å². The van der Waals surface area contributed by atoms with Gasteiger partial charge in [0.2, 0.25) is 6.08 Å². The summed E-state index contributed by atoms with van der Waals surface area (Å²) < 4.78 is 0. The second-order valence-electron chi connectivity index (χ2n) is 3.84. The van der Waals surface area contributed by atoms with Crippen LogP contribution < -0.4 is 0 Å². The Morgan fingerprint density at radius 3 is 2.93 bits per heavy atom. The Labute approximate surface area is 83.7 Å². The Hall–Kier alpha value is -1.40. The van der Waals surface area contributed by atoms with E-state index in [0.29, 0.717) is 0 Å². The highest BCUT2D eigenvalue weighted by atomic mass is 16.1. The maximum Gasteiger partial charge on any atom is 0.235 e. The fourth-order valence-corrected chi connectivity index (χ4v) is 1.64. The molecule has 14 heavy (non-hydrogen) atoms. The minimum Gasteiger partial charge on any atom is -0.211 e. The second kappa shape index (κ2) is 3.77. The molecule has 1 aromatic rings. The lowest BCUT2D eigenvalue weighted by molar-refractivity contribution is 0.559. The molecule has 0 radical (unpaired) electrons. The highest BCUT2D eigenvalue weighted by Crippen LogP contribution is 2.40. The van der Waals surface area contributed by atoms with Crippen molar-refractivity contribution < 1.29 is 4.79 Å². The van der Waals surface area contributed by atoms with Crippen LogP contribution in [0.25, 0.3) is 0 Å². The highest BCUT2D eigenvalue weighted by molar-refractivity contribution is 5.36. The van der Waals surface area contributed by atoms with Crippen molar-refractivity contribution in [2.45, 2.75) is 31.7 Å². The summed E-state index contributed by atoms with van der Waals surface area (Å²) in [7, 11) is 0. The van der Waals surface area contributed by atoms with Gasteiger partial charge in [-0.1, -0.05) is 24.3 Å². The second-order valence-corrected chi connectivity index (χ2v) is 3.84. The number of rotatable bonds is 3. The molecule has 72 valence electrons. The third-order valence-electron chi connectivity index (χ3n) is 2.69. The van der Waals surface area contributed by atoms with Crippen LogP contribution in [-0.2, 0) is 4.79 Å². The van der Waals surface area contributed by atoms with Crippen LogP contribution in [0.3, 0.4) is 0 Å². The summed E-state index contributed by atoms with van der Waals surface area (Å²) in [6, 6.07) is 8.30. The van der Waals surface area contributed by atoms with Gasteiger partial charge in [-0.2, -0.15) is 4.99 Å². The van der Waals surface area contributed by atoms with Gasteiger partial charge in [0.15, 0.2) is 0 Å². The van der Waals surface area contributed by atoms with Crippen molar-refractivity contribution in [3.63, 3.8) is 0 Å². The molecule has 2 nitrogen and oxygen atoms in total. The molecular weight excluding hydrogens is 174 g/mol. The van der Waals surface area contributed by atoms with Crippen LogP contribution >= 0.6 is 0 Å². The molecule has 0 aromatic heterocycles. The van der Waals surface area contributed by atoms with Gasteiger partial charge >= 0.3 is 0 Å². The topological polar surface area (TPSA) is 29.4 Å². The summed E-state index contributed by atoms with van der Waals surface area (Å²) in [5, 5.41) is 0. The lowest BCUT2D eigenvalue weighted by Crippen LogP contribution is -1.90. The van der Waals surface area contributed by atoms with E-state index in [-0.39, 0.29) is 6.04 Å². The van der Waals surface area contributed by atoms with Crippen LogP contribution in [0, 0.1) is 0 Å². The summed E-state index contributed by atoms with van der Waals surface area (Å²) in [5.74, 6) is 0.752. The Morgan fingerprint density at radius 2 is 2.29 bits per heavy atom. The number of nitrogens with zero attached hydrogens (tertiary/aromatic N) is 1. The Morgan fingerprint density at radius 1 is 1.50 bits per heavy atom. The van der Waals surface area contributed by atoms with Crippen molar-refractivity contribution in [3.8, 4) is 0 Å². The van der Waals surface area contributed by atoms with Gasteiger partial charge < -0.3 is 0 Å². The van der Waals surface area contributed by atoms with Crippen LogP contribution in [0.1, 0.15) is 42.9 Å². The highest BCUT2D eigenvalue weighted by Gasteiger charge is 2.23. The van der Waals surface area contributed by atoms with Gasteiger partial charge in [0.25, 0.3) is 0 Å². The maximum absolute atomic E-state index is 10.1. The molecule has 0 heterocycles. The average molecular weight is 187 g/mol. The van der Waals surface area contributed by atoms with Gasteiger partial charge in [0.05, 0.1) is 6.04 Å². The Bertz CT molecular complexity index is 376. The van der Waals surface area contributed by atoms with E-state index in [4.69, 9.17) is 0 Å². The van der Waals surface area contributed by atoms with Crippen molar-refractivity contribution in [3.05, 3.63) is 35.4 Å². The molecule has 1 unspecified atom stereocenters. The first-order valence-corrected chi connectivity index (χ1v) is 4.98. The lowest BCUT2D eigenvalue weighted by Gasteiger charge is -2.06. The monoisotopic (exact) mass is 187 g/mol. The molecule has 0 aliphatic heterocycles. The smallest absolute Gasteiger partial charge is 0.211 e. The Balaban J connectivity index is 2.24. The van der Waals surface area contributed by atoms with Gasteiger partial charge in [-0.05, 0) is 36.8 Å². The molecule has 2 heteroatoms. The normalized spacial score (nSPS) is 17.2. The largest absolute Gasteiger partial charge is 0.235 e. The Kier molecular flexibility index (Phi) is 2.47. The molecule has 0 bridgehead atoms. The summed E-state index contributed by atoms with van der Waals surface area (Å²) in [6.07, 6.45) is 4.21. The van der Waals surface area contributed by atoms with Crippen molar-refractivity contribution in [2.75, 3.05) is 0 Å². The molecule has 1 aliphatic carbocycles. The number of benzene rings is 1. The number of aliphatic imine (C=N–C) groups is 1.